The van der Waals surface area contributed by atoms with Gasteiger partial charge in [0.2, 0.25) is 15.9 Å². The zero-order chi connectivity index (χ0) is 26.2. The summed E-state index contributed by atoms with van der Waals surface area (Å²) in [5.74, 6) is 1.02. The maximum atomic E-state index is 13.2. The highest BCUT2D eigenvalue weighted by atomic mass is 32.2. The van der Waals surface area contributed by atoms with Gasteiger partial charge in [-0.1, -0.05) is 0 Å². The largest absolute Gasteiger partial charge is 0.495 e. The number of ether oxygens (including phenoxy) is 3. The number of nitrogens with one attached hydrogen (secondary N) is 1. The van der Waals surface area contributed by atoms with Crippen LogP contribution in [0.3, 0.4) is 0 Å². The third-order valence-corrected chi connectivity index (χ3v) is 9.13. The Balaban J connectivity index is 1.49. The van der Waals surface area contributed by atoms with Crippen LogP contribution in [0.15, 0.2) is 35.4 Å². The first-order valence-corrected chi connectivity index (χ1v) is 13.9. The molecule has 0 spiro atoms. The van der Waals surface area contributed by atoms with Gasteiger partial charge in [-0.3, -0.25) is 4.79 Å². The average molecular weight is 532 g/mol. The lowest BCUT2D eigenvalue weighted by Crippen LogP contribution is -2.55. The molecule has 3 aliphatic rings. The molecule has 1 amide bonds. The summed E-state index contributed by atoms with van der Waals surface area (Å²) >= 11 is 0. The molecule has 3 aliphatic heterocycles. The maximum Gasteiger partial charge on any atom is 0.249 e. The van der Waals surface area contributed by atoms with E-state index in [1.165, 1.54) is 11.4 Å². The SMILES string of the molecule is COc1ccc(S(=O)(=O)N2CCOCC2)cc1Nc1cc2c(cn1)N(C)C(=O)[C@@H](C)N2C1CCOCC1. The van der Waals surface area contributed by atoms with Gasteiger partial charge in [0.05, 0.1) is 48.5 Å². The van der Waals surface area contributed by atoms with Crippen LogP contribution in [0.4, 0.5) is 22.9 Å². The number of rotatable bonds is 6. The van der Waals surface area contributed by atoms with Gasteiger partial charge < -0.3 is 29.3 Å². The van der Waals surface area contributed by atoms with Crippen LogP contribution in [0.5, 0.6) is 5.75 Å². The fourth-order valence-electron chi connectivity index (χ4n) is 5.19. The smallest absolute Gasteiger partial charge is 0.249 e. The highest BCUT2D eigenvalue weighted by molar-refractivity contribution is 7.89. The van der Waals surface area contributed by atoms with Crippen LogP contribution < -0.4 is 19.9 Å². The van der Waals surface area contributed by atoms with E-state index in [4.69, 9.17) is 14.2 Å². The van der Waals surface area contributed by atoms with Crippen LogP contribution in [0.2, 0.25) is 0 Å². The molecule has 200 valence electrons. The zero-order valence-corrected chi connectivity index (χ0v) is 22.2. The molecule has 0 bridgehead atoms. The van der Waals surface area contributed by atoms with Crippen molar-refractivity contribution in [3.05, 3.63) is 30.5 Å². The predicted molar refractivity (Wildman–Crippen MR) is 139 cm³/mol. The quantitative estimate of drug-likeness (QED) is 0.599. The van der Waals surface area contributed by atoms with Gasteiger partial charge in [0.1, 0.15) is 17.6 Å². The number of fused-ring (bicyclic) bond motifs is 1. The molecule has 11 nitrogen and oxygen atoms in total. The van der Waals surface area contributed by atoms with Crippen LogP contribution in [-0.2, 0) is 24.3 Å². The molecular formula is C25H33N5O6S. The number of morpholine rings is 1. The number of methoxy groups -OCH3 is 1. The molecule has 0 saturated carbocycles. The number of likely N-dealkylation sites (N-methyl/N-ethyl adjacent to an activating group) is 1. The van der Waals surface area contributed by atoms with Crippen LogP contribution in [0.1, 0.15) is 19.8 Å². The second kappa shape index (κ2) is 10.4. The molecule has 0 unspecified atom stereocenters. The Morgan fingerprint density at radius 1 is 1.05 bits per heavy atom. The van der Waals surface area contributed by atoms with E-state index in [2.05, 4.69) is 15.2 Å². The monoisotopic (exact) mass is 531 g/mol. The highest BCUT2D eigenvalue weighted by Gasteiger charge is 2.38. The van der Waals surface area contributed by atoms with Gasteiger partial charge in [0.15, 0.2) is 0 Å². The van der Waals surface area contributed by atoms with Crippen molar-refractivity contribution in [2.45, 2.75) is 36.7 Å². The molecule has 1 atom stereocenters. The Bertz CT molecular complexity index is 1260. The number of benzene rings is 1. The number of anilines is 4. The number of amides is 1. The van der Waals surface area contributed by atoms with E-state index in [9.17, 15) is 13.2 Å². The third-order valence-electron chi connectivity index (χ3n) is 7.23. The summed E-state index contributed by atoms with van der Waals surface area (Å²) in [5, 5.41) is 3.25. The molecule has 0 radical (unpaired) electrons. The van der Waals surface area contributed by atoms with E-state index in [0.717, 1.165) is 24.2 Å². The zero-order valence-electron chi connectivity index (χ0n) is 21.3. The topological polar surface area (TPSA) is 114 Å². The predicted octanol–water partition coefficient (Wildman–Crippen LogP) is 2.21. The van der Waals surface area contributed by atoms with Crippen molar-refractivity contribution in [2.24, 2.45) is 0 Å². The fourth-order valence-corrected chi connectivity index (χ4v) is 6.63. The van der Waals surface area contributed by atoms with Crippen LogP contribution in [-0.4, -0.2) is 89.4 Å². The molecular weight excluding hydrogens is 498 g/mol. The summed E-state index contributed by atoms with van der Waals surface area (Å²) in [4.78, 5) is 21.5. The van der Waals surface area contributed by atoms with E-state index >= 15 is 0 Å². The van der Waals surface area contributed by atoms with Crippen molar-refractivity contribution in [1.29, 1.82) is 0 Å². The number of carbonyl (C=O) groups is 1. The van der Waals surface area contributed by atoms with Gasteiger partial charge in [-0.25, -0.2) is 13.4 Å². The van der Waals surface area contributed by atoms with Crippen LogP contribution in [0.25, 0.3) is 0 Å². The van der Waals surface area contributed by atoms with E-state index in [0.29, 0.717) is 56.8 Å². The molecule has 1 aromatic carbocycles. The van der Waals surface area contributed by atoms with Crippen LogP contribution >= 0.6 is 0 Å². The summed E-state index contributed by atoms with van der Waals surface area (Å²) < 4.78 is 44.3. The van der Waals surface area contributed by atoms with E-state index in [-0.39, 0.29) is 22.9 Å². The number of pyridine rings is 1. The lowest BCUT2D eigenvalue weighted by Gasteiger charge is -2.45. The molecule has 2 fully saturated rings. The molecule has 1 aromatic heterocycles. The lowest BCUT2D eigenvalue weighted by molar-refractivity contribution is -0.119. The molecule has 2 saturated heterocycles. The minimum absolute atomic E-state index is 0.0178. The number of nitrogens with zero attached hydrogens (tertiary/aromatic N) is 4. The molecule has 37 heavy (non-hydrogen) atoms. The third kappa shape index (κ3) is 4.86. The molecule has 4 heterocycles. The molecule has 5 rings (SSSR count). The standard InChI is InChI=1S/C25H33N5O6S/c1-17-25(31)28(2)22-16-26-24(15-21(22)30(17)18-6-10-35-11-7-18)27-20-14-19(4-5-23(20)34-3)37(32,33)29-8-12-36-13-9-29/h4-5,14-18H,6-13H2,1-3H3,(H,26,27)/t17-/m1/s1. The first-order valence-electron chi connectivity index (χ1n) is 12.5. The average Bonchev–Trinajstić information content (AvgIpc) is 2.93. The molecule has 2 aromatic rings. The van der Waals surface area contributed by atoms with Crippen molar-refractivity contribution >= 4 is 38.8 Å². The van der Waals surface area contributed by atoms with Gasteiger partial charge in [0, 0.05) is 45.5 Å². The Morgan fingerprint density at radius 2 is 1.76 bits per heavy atom. The van der Waals surface area contributed by atoms with Gasteiger partial charge in [-0.05, 0) is 38.0 Å². The first kappa shape index (κ1) is 25.7. The maximum absolute atomic E-state index is 13.2. The van der Waals surface area contributed by atoms with Gasteiger partial charge in [0.25, 0.3) is 0 Å². The van der Waals surface area contributed by atoms with Crippen LogP contribution in [0, 0.1) is 0 Å². The van der Waals surface area contributed by atoms with Gasteiger partial charge in [-0.15, -0.1) is 0 Å². The number of sulfonamides is 1. The van der Waals surface area contributed by atoms with Gasteiger partial charge >= 0.3 is 0 Å². The Labute approximate surface area is 217 Å². The number of hydrogen-bond donors (Lipinski definition) is 1. The second-order valence-corrected chi connectivity index (χ2v) is 11.3. The molecule has 12 heteroatoms. The Hall–Kier alpha value is -2.93. The second-order valence-electron chi connectivity index (χ2n) is 9.39. The van der Waals surface area contributed by atoms with Crippen molar-refractivity contribution in [3.8, 4) is 5.75 Å². The highest BCUT2D eigenvalue weighted by Crippen LogP contribution is 2.40. The number of hydrogen-bond acceptors (Lipinski definition) is 9. The normalized spacial score (nSPS) is 21.6. The summed E-state index contributed by atoms with van der Waals surface area (Å²) in [5.41, 5.74) is 2.11. The number of aromatic nitrogens is 1. The minimum atomic E-state index is -3.69. The number of carbonyl (C=O) groups excluding carboxylic acids is 1. The lowest BCUT2D eigenvalue weighted by atomic mass is 10.00. The van der Waals surface area contributed by atoms with E-state index in [1.807, 2.05) is 13.0 Å². The summed E-state index contributed by atoms with van der Waals surface area (Å²) in [7, 11) is -0.393. The molecule has 1 N–H and O–H groups in total. The van der Waals surface area contributed by atoms with Crippen molar-refractivity contribution in [3.63, 3.8) is 0 Å². The van der Waals surface area contributed by atoms with E-state index < -0.39 is 10.0 Å². The Kier molecular flexibility index (Phi) is 7.26. The van der Waals surface area contributed by atoms with Crippen molar-refractivity contribution in [1.82, 2.24) is 9.29 Å². The summed E-state index contributed by atoms with van der Waals surface area (Å²) in [6, 6.07) is 6.51. The fraction of sp³-hybridized carbons (Fsp3) is 0.520. The summed E-state index contributed by atoms with van der Waals surface area (Å²) in [6.07, 6.45) is 3.34. The van der Waals surface area contributed by atoms with Gasteiger partial charge in [-0.2, -0.15) is 4.31 Å². The first-order chi connectivity index (χ1) is 17.8. The molecule has 0 aliphatic carbocycles. The summed E-state index contributed by atoms with van der Waals surface area (Å²) in [6.45, 7) is 4.62. The minimum Gasteiger partial charge on any atom is -0.495 e. The van der Waals surface area contributed by atoms with Crippen molar-refractivity contribution in [2.75, 3.05) is 68.8 Å². The van der Waals surface area contributed by atoms with E-state index in [1.54, 1.807) is 36.3 Å². The Morgan fingerprint density at radius 3 is 2.46 bits per heavy atom. The van der Waals surface area contributed by atoms with Crippen molar-refractivity contribution < 1.29 is 27.4 Å².